The Kier molecular flexibility index (Phi) is 7.16. The molecule has 0 spiro atoms. The van der Waals surface area contributed by atoms with Gasteiger partial charge < -0.3 is 14.8 Å². The lowest BCUT2D eigenvalue weighted by Gasteiger charge is -2.33. The number of likely N-dealkylation sites (N-methyl/N-ethyl adjacent to an activating group) is 1. The van der Waals surface area contributed by atoms with Gasteiger partial charge in [0.05, 0.1) is 11.9 Å². The van der Waals surface area contributed by atoms with E-state index in [0.717, 1.165) is 72.9 Å². The van der Waals surface area contributed by atoms with E-state index in [9.17, 15) is 4.79 Å². The van der Waals surface area contributed by atoms with E-state index >= 15 is 0 Å². The van der Waals surface area contributed by atoms with E-state index in [0.29, 0.717) is 18.7 Å². The smallest absolute Gasteiger partial charge is 0.251 e. The molecule has 1 fully saturated rings. The van der Waals surface area contributed by atoms with Crippen LogP contribution in [0.15, 0.2) is 54.9 Å². The molecule has 8 heteroatoms. The highest BCUT2D eigenvalue weighted by Crippen LogP contribution is 2.25. The fourth-order valence-electron chi connectivity index (χ4n) is 4.95. The van der Waals surface area contributed by atoms with Crippen molar-refractivity contribution in [3.63, 3.8) is 0 Å². The van der Waals surface area contributed by atoms with Crippen LogP contribution in [-0.4, -0.2) is 80.9 Å². The van der Waals surface area contributed by atoms with E-state index in [4.69, 9.17) is 10.1 Å². The average molecular weight is 486 g/mol. The summed E-state index contributed by atoms with van der Waals surface area (Å²) in [4.78, 5) is 22.4. The Balaban J connectivity index is 1.24. The molecule has 3 aromatic heterocycles. The average Bonchev–Trinajstić information content (AvgIpc) is 3.53. The lowest BCUT2D eigenvalue weighted by atomic mass is 10.1. The Morgan fingerprint density at radius 1 is 1.00 bits per heavy atom. The van der Waals surface area contributed by atoms with Crippen LogP contribution in [0, 0.1) is 13.8 Å². The first-order chi connectivity index (χ1) is 17.5. The first-order valence-corrected chi connectivity index (χ1v) is 12.8. The molecule has 1 N–H and O–H groups in total. The Morgan fingerprint density at radius 2 is 1.69 bits per heavy atom. The molecule has 8 nitrogen and oxygen atoms in total. The van der Waals surface area contributed by atoms with Gasteiger partial charge in [0.25, 0.3) is 5.91 Å². The van der Waals surface area contributed by atoms with Crippen molar-refractivity contribution in [2.45, 2.75) is 27.3 Å². The van der Waals surface area contributed by atoms with E-state index < -0.39 is 0 Å². The van der Waals surface area contributed by atoms with E-state index in [1.165, 1.54) is 0 Å². The zero-order chi connectivity index (χ0) is 25.1. The fraction of sp³-hybridized carbons (Fsp3) is 0.393. The number of aromatic nitrogens is 4. The third kappa shape index (κ3) is 5.20. The van der Waals surface area contributed by atoms with Crippen molar-refractivity contribution in [2.75, 3.05) is 45.8 Å². The summed E-state index contributed by atoms with van der Waals surface area (Å²) < 4.78 is 3.98. The van der Waals surface area contributed by atoms with Crippen molar-refractivity contribution in [2.24, 2.45) is 0 Å². The van der Waals surface area contributed by atoms with Gasteiger partial charge in [-0.2, -0.15) is 5.10 Å². The van der Waals surface area contributed by atoms with Crippen molar-refractivity contribution in [3.8, 4) is 5.82 Å². The maximum atomic E-state index is 12.7. The molecular weight excluding hydrogens is 450 g/mol. The van der Waals surface area contributed by atoms with Crippen molar-refractivity contribution < 1.29 is 4.79 Å². The second-order valence-corrected chi connectivity index (χ2v) is 9.58. The summed E-state index contributed by atoms with van der Waals surface area (Å²) in [7, 11) is 0. The summed E-state index contributed by atoms with van der Waals surface area (Å²) >= 11 is 0. The van der Waals surface area contributed by atoms with Gasteiger partial charge >= 0.3 is 0 Å². The highest BCUT2D eigenvalue weighted by atomic mass is 16.1. The summed E-state index contributed by atoms with van der Waals surface area (Å²) in [5.41, 5.74) is 4.76. The number of aryl methyl sites for hydroxylation is 2. The number of nitrogens with one attached hydrogen (secondary N) is 1. The van der Waals surface area contributed by atoms with Gasteiger partial charge in [0.15, 0.2) is 11.5 Å². The molecule has 1 aliphatic rings. The first-order valence-electron chi connectivity index (χ1n) is 12.8. The maximum Gasteiger partial charge on any atom is 0.251 e. The summed E-state index contributed by atoms with van der Waals surface area (Å²) in [6.45, 7) is 13.9. The highest BCUT2D eigenvalue weighted by Gasteiger charge is 2.17. The Hall–Kier alpha value is -3.49. The predicted molar refractivity (Wildman–Crippen MR) is 143 cm³/mol. The van der Waals surface area contributed by atoms with Crippen molar-refractivity contribution in [1.29, 1.82) is 0 Å². The molecule has 0 atom stereocenters. The van der Waals surface area contributed by atoms with Crippen LogP contribution >= 0.6 is 0 Å². The standard InChI is InChI=1S/C28H35N7O/c1-4-32-15-17-33(18-16-32)14-11-29-28(36)24-9-7-23(8-10-24)20-35-26-25(21(2)19-22(3)30-26)27(31-35)34-12-5-6-13-34/h5-10,12-13,19H,4,11,14-18,20H2,1-3H3,(H,29,36). The lowest BCUT2D eigenvalue weighted by molar-refractivity contribution is 0.0938. The van der Waals surface area contributed by atoms with E-state index in [2.05, 4.69) is 35.0 Å². The van der Waals surface area contributed by atoms with Crippen LogP contribution in [-0.2, 0) is 6.54 Å². The quantitative estimate of drug-likeness (QED) is 0.415. The van der Waals surface area contributed by atoms with Crippen molar-refractivity contribution in [3.05, 3.63) is 77.2 Å². The van der Waals surface area contributed by atoms with Crippen LogP contribution in [0.2, 0.25) is 0 Å². The minimum Gasteiger partial charge on any atom is -0.351 e. The van der Waals surface area contributed by atoms with Gasteiger partial charge in [-0.25, -0.2) is 9.67 Å². The number of amides is 1. The van der Waals surface area contributed by atoms with E-state index in [-0.39, 0.29) is 5.91 Å². The number of pyridine rings is 1. The van der Waals surface area contributed by atoms with Crippen LogP contribution in [0.5, 0.6) is 0 Å². The number of carbonyl (C=O) groups excluding carboxylic acids is 1. The van der Waals surface area contributed by atoms with Crippen LogP contribution in [0.3, 0.4) is 0 Å². The molecule has 0 saturated carbocycles. The third-order valence-electron chi connectivity index (χ3n) is 7.03. The van der Waals surface area contributed by atoms with Crippen LogP contribution in [0.4, 0.5) is 0 Å². The Morgan fingerprint density at radius 3 is 2.39 bits per heavy atom. The van der Waals surface area contributed by atoms with Gasteiger partial charge in [-0.15, -0.1) is 0 Å². The van der Waals surface area contributed by atoms with Gasteiger partial charge in [0.1, 0.15) is 0 Å². The fourth-order valence-corrected chi connectivity index (χ4v) is 4.95. The number of nitrogens with zero attached hydrogens (tertiary/aromatic N) is 6. The molecule has 1 saturated heterocycles. The van der Waals surface area contributed by atoms with Gasteiger partial charge in [0.2, 0.25) is 0 Å². The molecule has 0 radical (unpaired) electrons. The molecule has 1 amide bonds. The van der Waals surface area contributed by atoms with E-state index in [1.54, 1.807) is 0 Å². The Bertz CT molecular complexity index is 1320. The number of fused-ring (bicyclic) bond motifs is 1. The van der Waals surface area contributed by atoms with Crippen LogP contribution in [0.25, 0.3) is 16.9 Å². The molecule has 4 aromatic rings. The second-order valence-electron chi connectivity index (χ2n) is 9.58. The molecule has 0 unspecified atom stereocenters. The molecule has 0 aliphatic carbocycles. The third-order valence-corrected chi connectivity index (χ3v) is 7.03. The zero-order valence-corrected chi connectivity index (χ0v) is 21.4. The van der Waals surface area contributed by atoms with Gasteiger partial charge in [-0.1, -0.05) is 19.1 Å². The second kappa shape index (κ2) is 10.6. The molecule has 1 aromatic carbocycles. The predicted octanol–water partition coefficient (Wildman–Crippen LogP) is 3.25. The number of hydrogen-bond acceptors (Lipinski definition) is 5. The summed E-state index contributed by atoms with van der Waals surface area (Å²) in [5.74, 6) is 0.855. The first kappa shape index (κ1) is 24.2. The van der Waals surface area contributed by atoms with Crippen molar-refractivity contribution in [1.82, 2.24) is 34.4 Å². The number of benzene rings is 1. The zero-order valence-electron chi connectivity index (χ0n) is 21.4. The molecule has 4 heterocycles. The maximum absolute atomic E-state index is 12.7. The highest BCUT2D eigenvalue weighted by molar-refractivity contribution is 5.94. The number of piperazine rings is 1. The topological polar surface area (TPSA) is 71.2 Å². The molecule has 1 aliphatic heterocycles. The Labute approximate surface area is 212 Å². The lowest BCUT2D eigenvalue weighted by Crippen LogP contribution is -2.48. The molecule has 188 valence electrons. The van der Waals surface area contributed by atoms with Crippen LogP contribution < -0.4 is 5.32 Å². The number of carbonyl (C=O) groups is 1. The van der Waals surface area contributed by atoms with Crippen molar-refractivity contribution >= 4 is 16.9 Å². The summed E-state index contributed by atoms with van der Waals surface area (Å²) in [6, 6.07) is 13.9. The molecule has 0 bridgehead atoms. The van der Waals surface area contributed by atoms with Gasteiger partial charge in [-0.05, 0) is 61.9 Å². The number of rotatable bonds is 8. The van der Waals surface area contributed by atoms with Gasteiger partial charge in [0, 0.05) is 62.9 Å². The number of hydrogen-bond donors (Lipinski definition) is 1. The SMILES string of the molecule is CCN1CCN(CCNC(=O)c2ccc(Cn3nc(-n4cccc4)c4c(C)cc(C)nc43)cc2)CC1. The van der Waals surface area contributed by atoms with Crippen LogP contribution in [0.1, 0.15) is 34.1 Å². The normalized spacial score (nSPS) is 15.0. The minimum atomic E-state index is -0.0268. The van der Waals surface area contributed by atoms with E-state index in [1.807, 2.05) is 65.0 Å². The summed E-state index contributed by atoms with van der Waals surface area (Å²) in [6.07, 6.45) is 4.01. The molecule has 5 rings (SSSR count). The largest absolute Gasteiger partial charge is 0.351 e. The van der Waals surface area contributed by atoms with Gasteiger partial charge in [-0.3, -0.25) is 9.69 Å². The molecule has 36 heavy (non-hydrogen) atoms. The summed E-state index contributed by atoms with van der Waals surface area (Å²) in [5, 5.41) is 9.04. The minimum absolute atomic E-state index is 0.0268. The molecular formula is C28H35N7O. The monoisotopic (exact) mass is 485 g/mol.